The van der Waals surface area contributed by atoms with Gasteiger partial charge in [0.15, 0.2) is 11.7 Å². The smallest absolute Gasteiger partial charge is 0.194 e. The van der Waals surface area contributed by atoms with Gasteiger partial charge >= 0.3 is 0 Å². The van der Waals surface area contributed by atoms with E-state index >= 15 is 0 Å². The van der Waals surface area contributed by atoms with Gasteiger partial charge in [0.05, 0.1) is 15.4 Å². The van der Waals surface area contributed by atoms with Crippen LogP contribution in [0.4, 0.5) is 0 Å². The van der Waals surface area contributed by atoms with Crippen LogP contribution < -0.4 is 5.32 Å². The lowest BCUT2D eigenvalue weighted by atomic mass is 10.2. The number of nitrogens with one attached hydrogen (secondary N) is 1. The Morgan fingerprint density at radius 3 is 2.95 bits per heavy atom. The van der Waals surface area contributed by atoms with Crippen molar-refractivity contribution >= 4 is 22.9 Å². The lowest BCUT2D eigenvalue weighted by Crippen LogP contribution is -2.21. The van der Waals surface area contributed by atoms with Gasteiger partial charge in [-0.3, -0.25) is 0 Å². The first-order valence-electron chi connectivity index (χ1n) is 6.56. The van der Waals surface area contributed by atoms with Crippen molar-refractivity contribution < 1.29 is 4.42 Å². The van der Waals surface area contributed by atoms with Crippen LogP contribution in [0.2, 0.25) is 4.34 Å². The molecule has 104 valence electrons. The predicted molar refractivity (Wildman–Crippen MR) is 80.9 cm³/mol. The maximum absolute atomic E-state index is 5.91. The van der Waals surface area contributed by atoms with Gasteiger partial charge in [-0.15, -0.1) is 11.3 Å². The molecule has 0 radical (unpaired) electrons. The molecule has 0 aliphatic heterocycles. The topological polar surface area (TPSA) is 38.1 Å². The minimum Gasteiger partial charge on any atom is -0.440 e. The van der Waals surface area contributed by atoms with Crippen LogP contribution in [-0.4, -0.2) is 18.1 Å². The maximum atomic E-state index is 5.91. The number of halogens is 1. The molecule has 0 aliphatic carbocycles. The number of aromatic nitrogens is 1. The Balaban J connectivity index is 1.78. The second-order valence-electron chi connectivity index (χ2n) is 4.92. The first-order valence-corrected chi connectivity index (χ1v) is 7.75. The molecule has 2 aromatic rings. The quantitative estimate of drug-likeness (QED) is 0.777. The molecular formula is C14H19ClN2OS. The summed E-state index contributed by atoms with van der Waals surface area (Å²) in [5.41, 5.74) is 0. The van der Waals surface area contributed by atoms with Crippen molar-refractivity contribution in [2.75, 3.05) is 13.1 Å². The van der Waals surface area contributed by atoms with E-state index in [1.54, 1.807) is 6.20 Å². The number of oxazole rings is 1. The molecule has 0 unspecified atom stereocenters. The SMILES string of the molecule is CC(C)CNCCCc1ncc(-c2ccc(Cl)s2)o1. The van der Waals surface area contributed by atoms with E-state index in [1.165, 1.54) is 11.3 Å². The first-order chi connectivity index (χ1) is 9.15. The third kappa shape index (κ3) is 4.64. The predicted octanol–water partition coefficient (Wildman–Crippen LogP) is 4.23. The minimum atomic E-state index is 0.692. The zero-order valence-electron chi connectivity index (χ0n) is 11.3. The summed E-state index contributed by atoms with van der Waals surface area (Å²) in [6.45, 7) is 6.48. The number of thiophene rings is 1. The van der Waals surface area contributed by atoms with Gasteiger partial charge in [0.1, 0.15) is 0 Å². The van der Waals surface area contributed by atoms with Crippen LogP contribution in [-0.2, 0) is 6.42 Å². The monoisotopic (exact) mass is 298 g/mol. The highest BCUT2D eigenvalue weighted by Gasteiger charge is 2.08. The van der Waals surface area contributed by atoms with Crippen molar-refractivity contribution in [2.45, 2.75) is 26.7 Å². The van der Waals surface area contributed by atoms with Gasteiger partial charge < -0.3 is 9.73 Å². The maximum Gasteiger partial charge on any atom is 0.194 e. The molecule has 0 amide bonds. The molecule has 0 fully saturated rings. The average molecular weight is 299 g/mol. The van der Waals surface area contributed by atoms with Crippen LogP contribution in [0.1, 0.15) is 26.2 Å². The fraction of sp³-hybridized carbons (Fsp3) is 0.500. The van der Waals surface area contributed by atoms with Gasteiger partial charge in [0, 0.05) is 6.42 Å². The fourth-order valence-electron chi connectivity index (χ4n) is 1.74. The standard InChI is InChI=1S/C14H19ClN2OS/c1-10(2)8-16-7-3-4-14-17-9-11(18-14)12-5-6-13(15)19-12/h5-6,9-10,16H,3-4,7-8H2,1-2H3. The van der Waals surface area contributed by atoms with Gasteiger partial charge in [-0.2, -0.15) is 0 Å². The summed E-state index contributed by atoms with van der Waals surface area (Å²) in [5, 5.41) is 3.41. The second kappa shape index (κ2) is 7.08. The van der Waals surface area contributed by atoms with Crippen LogP contribution in [0.3, 0.4) is 0 Å². The summed E-state index contributed by atoms with van der Waals surface area (Å²) in [7, 11) is 0. The number of hydrogen-bond acceptors (Lipinski definition) is 4. The lowest BCUT2D eigenvalue weighted by molar-refractivity contribution is 0.484. The van der Waals surface area contributed by atoms with E-state index in [9.17, 15) is 0 Å². The first kappa shape index (κ1) is 14.6. The Morgan fingerprint density at radius 2 is 2.26 bits per heavy atom. The molecule has 3 nitrogen and oxygen atoms in total. The highest BCUT2D eigenvalue weighted by atomic mass is 35.5. The molecule has 2 heterocycles. The van der Waals surface area contributed by atoms with E-state index in [0.717, 1.165) is 46.8 Å². The molecule has 0 saturated carbocycles. The van der Waals surface area contributed by atoms with Gasteiger partial charge in [-0.25, -0.2) is 4.98 Å². The summed E-state index contributed by atoms with van der Waals surface area (Å²) in [5.74, 6) is 2.30. The molecular weight excluding hydrogens is 280 g/mol. The molecule has 2 rings (SSSR count). The van der Waals surface area contributed by atoms with Crippen LogP contribution in [0.25, 0.3) is 10.6 Å². The Kier molecular flexibility index (Phi) is 5.43. The number of aryl methyl sites for hydroxylation is 1. The molecule has 0 aliphatic rings. The summed E-state index contributed by atoms with van der Waals surface area (Å²) in [4.78, 5) is 5.33. The van der Waals surface area contributed by atoms with Gasteiger partial charge in [0.2, 0.25) is 0 Å². The molecule has 0 atom stereocenters. The van der Waals surface area contributed by atoms with Crippen LogP contribution in [0, 0.1) is 5.92 Å². The number of nitrogens with zero attached hydrogens (tertiary/aromatic N) is 1. The molecule has 1 N–H and O–H groups in total. The molecule has 0 saturated heterocycles. The van der Waals surface area contributed by atoms with Crippen molar-refractivity contribution in [3.8, 4) is 10.6 Å². The second-order valence-corrected chi connectivity index (χ2v) is 6.64. The van der Waals surface area contributed by atoms with E-state index < -0.39 is 0 Å². The third-order valence-corrected chi connectivity index (χ3v) is 3.91. The van der Waals surface area contributed by atoms with E-state index in [4.69, 9.17) is 16.0 Å². The highest BCUT2D eigenvalue weighted by Crippen LogP contribution is 2.31. The van der Waals surface area contributed by atoms with Crippen molar-refractivity contribution in [3.05, 3.63) is 28.6 Å². The zero-order valence-corrected chi connectivity index (χ0v) is 12.9. The van der Waals surface area contributed by atoms with Crippen LogP contribution in [0.5, 0.6) is 0 Å². The minimum absolute atomic E-state index is 0.692. The van der Waals surface area contributed by atoms with E-state index in [-0.39, 0.29) is 0 Å². The van der Waals surface area contributed by atoms with E-state index in [2.05, 4.69) is 24.1 Å². The van der Waals surface area contributed by atoms with Crippen LogP contribution >= 0.6 is 22.9 Å². The Bertz CT molecular complexity index is 507. The molecule has 0 bridgehead atoms. The molecule has 0 spiro atoms. The Labute approximate surface area is 123 Å². The number of rotatable bonds is 7. The highest BCUT2D eigenvalue weighted by molar-refractivity contribution is 7.19. The Hall–Kier alpha value is -0.840. The van der Waals surface area contributed by atoms with Gasteiger partial charge in [-0.1, -0.05) is 25.4 Å². The third-order valence-electron chi connectivity index (χ3n) is 2.67. The Morgan fingerprint density at radius 1 is 1.42 bits per heavy atom. The van der Waals surface area contributed by atoms with E-state index in [0.29, 0.717) is 5.92 Å². The normalized spacial score (nSPS) is 11.4. The zero-order chi connectivity index (χ0) is 13.7. The summed E-state index contributed by atoms with van der Waals surface area (Å²) in [6.07, 6.45) is 3.68. The molecule has 0 aromatic carbocycles. The van der Waals surface area contributed by atoms with Crippen molar-refractivity contribution in [1.82, 2.24) is 10.3 Å². The molecule has 2 aromatic heterocycles. The fourth-order valence-corrected chi connectivity index (χ4v) is 2.73. The number of hydrogen-bond donors (Lipinski definition) is 1. The summed E-state index contributed by atoms with van der Waals surface area (Å²) in [6, 6.07) is 3.83. The van der Waals surface area contributed by atoms with Gasteiger partial charge in [0.25, 0.3) is 0 Å². The molecule has 19 heavy (non-hydrogen) atoms. The van der Waals surface area contributed by atoms with E-state index in [1.807, 2.05) is 12.1 Å². The van der Waals surface area contributed by atoms with Crippen molar-refractivity contribution in [1.29, 1.82) is 0 Å². The van der Waals surface area contributed by atoms with Crippen molar-refractivity contribution in [3.63, 3.8) is 0 Å². The molecule has 5 heteroatoms. The largest absolute Gasteiger partial charge is 0.440 e. The lowest BCUT2D eigenvalue weighted by Gasteiger charge is -2.05. The van der Waals surface area contributed by atoms with Crippen molar-refractivity contribution in [2.24, 2.45) is 5.92 Å². The summed E-state index contributed by atoms with van der Waals surface area (Å²) >= 11 is 7.42. The average Bonchev–Trinajstić information content (AvgIpc) is 2.97. The van der Waals surface area contributed by atoms with Crippen LogP contribution in [0.15, 0.2) is 22.7 Å². The van der Waals surface area contributed by atoms with Gasteiger partial charge in [-0.05, 0) is 37.6 Å². The summed E-state index contributed by atoms with van der Waals surface area (Å²) < 4.78 is 6.49.